The van der Waals surface area contributed by atoms with Crippen LogP contribution in [0.15, 0.2) is 51.7 Å². The third kappa shape index (κ3) is 1.75. The molecule has 0 aliphatic rings. The lowest BCUT2D eigenvalue weighted by Crippen LogP contribution is -2.10. The van der Waals surface area contributed by atoms with Gasteiger partial charge in [0, 0.05) is 0 Å². The Kier molecular flexibility index (Phi) is 2.75. The van der Waals surface area contributed by atoms with Gasteiger partial charge in [0.1, 0.15) is 22.9 Å². The number of rotatable bonds is 1. The normalized spacial score (nSPS) is 10.9. The monoisotopic (exact) mass is 273 g/mol. The predicted octanol–water partition coefficient (Wildman–Crippen LogP) is 3.32. The van der Waals surface area contributed by atoms with Crippen molar-refractivity contribution in [3.8, 4) is 11.3 Å². The average molecular weight is 273 g/mol. The van der Waals surface area contributed by atoms with Crippen LogP contribution in [-0.2, 0) is 0 Å². The van der Waals surface area contributed by atoms with Gasteiger partial charge in [-0.05, 0) is 24.3 Å². The first-order chi connectivity index (χ1) is 9.59. The molecule has 0 aliphatic heterocycles. The van der Waals surface area contributed by atoms with Crippen LogP contribution < -0.4 is 11.2 Å². The SMILES string of the molecule is Nc1c(-c2c(F)cccc2F)oc2ccccc2c1=O. The molecule has 3 aromatic rings. The van der Waals surface area contributed by atoms with Crippen molar-refractivity contribution < 1.29 is 13.2 Å². The Balaban J connectivity index is 2.44. The molecule has 100 valence electrons. The lowest BCUT2D eigenvalue weighted by Gasteiger charge is -2.08. The van der Waals surface area contributed by atoms with Crippen molar-refractivity contribution in [2.75, 3.05) is 5.73 Å². The fourth-order valence-corrected chi connectivity index (χ4v) is 2.06. The van der Waals surface area contributed by atoms with Crippen molar-refractivity contribution in [1.29, 1.82) is 0 Å². The third-order valence-electron chi connectivity index (χ3n) is 3.02. The van der Waals surface area contributed by atoms with E-state index in [9.17, 15) is 13.6 Å². The molecule has 0 spiro atoms. The molecule has 0 aliphatic carbocycles. The number of halogens is 2. The molecule has 3 nitrogen and oxygen atoms in total. The highest BCUT2D eigenvalue weighted by Gasteiger charge is 2.19. The van der Waals surface area contributed by atoms with Crippen molar-refractivity contribution in [3.63, 3.8) is 0 Å². The highest BCUT2D eigenvalue weighted by atomic mass is 19.1. The molecule has 5 heteroatoms. The number of benzene rings is 2. The van der Waals surface area contributed by atoms with Gasteiger partial charge in [-0.2, -0.15) is 0 Å². The Hall–Kier alpha value is -2.69. The molecule has 3 rings (SSSR count). The van der Waals surface area contributed by atoms with Gasteiger partial charge < -0.3 is 10.2 Å². The fraction of sp³-hybridized carbons (Fsp3) is 0. The lowest BCUT2D eigenvalue weighted by molar-refractivity contribution is 0.563. The summed E-state index contributed by atoms with van der Waals surface area (Å²) in [5, 5.41) is 0.269. The molecule has 0 atom stereocenters. The largest absolute Gasteiger partial charge is 0.453 e. The summed E-state index contributed by atoms with van der Waals surface area (Å²) in [4.78, 5) is 12.1. The van der Waals surface area contributed by atoms with Gasteiger partial charge in [0.15, 0.2) is 5.76 Å². The Labute approximate surface area is 112 Å². The molecule has 20 heavy (non-hydrogen) atoms. The van der Waals surface area contributed by atoms with Crippen LogP contribution in [0.2, 0.25) is 0 Å². The summed E-state index contributed by atoms with van der Waals surface area (Å²) < 4.78 is 33.0. The summed E-state index contributed by atoms with van der Waals surface area (Å²) in [6.07, 6.45) is 0. The van der Waals surface area contributed by atoms with E-state index < -0.39 is 22.6 Å². The van der Waals surface area contributed by atoms with Crippen LogP contribution in [0.5, 0.6) is 0 Å². The van der Waals surface area contributed by atoms with E-state index in [2.05, 4.69) is 0 Å². The molecule has 0 amide bonds. The van der Waals surface area contributed by atoms with Crippen LogP contribution in [0, 0.1) is 11.6 Å². The number of nitrogen functional groups attached to an aromatic ring is 1. The summed E-state index contributed by atoms with van der Waals surface area (Å²) >= 11 is 0. The molecular weight excluding hydrogens is 264 g/mol. The molecule has 0 unspecified atom stereocenters. The van der Waals surface area contributed by atoms with Crippen molar-refractivity contribution in [1.82, 2.24) is 0 Å². The van der Waals surface area contributed by atoms with Gasteiger partial charge in [0.05, 0.1) is 10.9 Å². The Morgan fingerprint density at radius 1 is 0.950 bits per heavy atom. The first-order valence-corrected chi connectivity index (χ1v) is 5.85. The Morgan fingerprint density at radius 2 is 1.60 bits per heavy atom. The van der Waals surface area contributed by atoms with Crippen LogP contribution in [-0.4, -0.2) is 0 Å². The van der Waals surface area contributed by atoms with E-state index in [0.717, 1.165) is 12.1 Å². The number of anilines is 1. The Morgan fingerprint density at radius 3 is 2.30 bits per heavy atom. The second-order valence-corrected chi connectivity index (χ2v) is 4.27. The van der Waals surface area contributed by atoms with E-state index in [1.165, 1.54) is 6.07 Å². The number of fused-ring (bicyclic) bond motifs is 1. The van der Waals surface area contributed by atoms with Crippen molar-refractivity contribution in [2.24, 2.45) is 0 Å². The molecule has 2 aromatic carbocycles. The van der Waals surface area contributed by atoms with Crippen LogP contribution in [0.3, 0.4) is 0 Å². The van der Waals surface area contributed by atoms with E-state index in [1.54, 1.807) is 24.3 Å². The number of para-hydroxylation sites is 1. The van der Waals surface area contributed by atoms with Gasteiger partial charge in [0.2, 0.25) is 5.43 Å². The second-order valence-electron chi connectivity index (χ2n) is 4.27. The number of hydrogen-bond donors (Lipinski definition) is 1. The zero-order valence-electron chi connectivity index (χ0n) is 10.2. The first kappa shape index (κ1) is 12.3. The standard InChI is InChI=1S/C15H9F2NO2/c16-9-5-3-6-10(17)12(9)15-13(18)14(19)8-4-1-2-7-11(8)20-15/h1-7H,18H2. The summed E-state index contributed by atoms with van der Waals surface area (Å²) in [5.41, 5.74) is 4.65. The van der Waals surface area contributed by atoms with Crippen LogP contribution in [0.4, 0.5) is 14.5 Å². The van der Waals surface area contributed by atoms with Gasteiger partial charge in [-0.3, -0.25) is 4.79 Å². The summed E-state index contributed by atoms with van der Waals surface area (Å²) in [7, 11) is 0. The molecule has 0 saturated heterocycles. The van der Waals surface area contributed by atoms with Crippen LogP contribution in [0.25, 0.3) is 22.3 Å². The molecule has 1 aromatic heterocycles. The maximum atomic E-state index is 13.8. The second kappa shape index (κ2) is 4.45. The average Bonchev–Trinajstić information content (AvgIpc) is 2.44. The zero-order valence-corrected chi connectivity index (χ0v) is 10.2. The highest BCUT2D eigenvalue weighted by molar-refractivity contribution is 5.85. The minimum Gasteiger partial charge on any atom is -0.453 e. The maximum Gasteiger partial charge on any atom is 0.216 e. The van der Waals surface area contributed by atoms with E-state index in [1.807, 2.05) is 0 Å². The minimum atomic E-state index is -0.838. The lowest BCUT2D eigenvalue weighted by atomic mass is 10.1. The smallest absolute Gasteiger partial charge is 0.216 e. The molecule has 0 radical (unpaired) electrons. The van der Waals surface area contributed by atoms with Crippen molar-refractivity contribution in [3.05, 3.63) is 64.3 Å². The molecule has 0 fully saturated rings. The molecule has 0 saturated carbocycles. The molecule has 0 bridgehead atoms. The van der Waals surface area contributed by atoms with Crippen LogP contribution in [0.1, 0.15) is 0 Å². The third-order valence-corrected chi connectivity index (χ3v) is 3.02. The molecule has 2 N–H and O–H groups in total. The zero-order chi connectivity index (χ0) is 14.3. The topological polar surface area (TPSA) is 56.2 Å². The Bertz CT molecular complexity index is 851. The minimum absolute atomic E-state index is 0.226. The predicted molar refractivity (Wildman–Crippen MR) is 72.2 cm³/mol. The summed E-state index contributed by atoms with van der Waals surface area (Å²) in [6.45, 7) is 0. The van der Waals surface area contributed by atoms with E-state index in [4.69, 9.17) is 10.2 Å². The van der Waals surface area contributed by atoms with Crippen LogP contribution >= 0.6 is 0 Å². The number of nitrogens with two attached hydrogens (primary N) is 1. The van der Waals surface area contributed by atoms with Gasteiger partial charge in [-0.1, -0.05) is 18.2 Å². The highest BCUT2D eigenvalue weighted by Crippen LogP contribution is 2.31. The van der Waals surface area contributed by atoms with Gasteiger partial charge in [-0.15, -0.1) is 0 Å². The maximum absolute atomic E-state index is 13.8. The number of hydrogen-bond acceptors (Lipinski definition) is 3. The van der Waals surface area contributed by atoms with Crippen molar-refractivity contribution in [2.45, 2.75) is 0 Å². The van der Waals surface area contributed by atoms with E-state index >= 15 is 0 Å². The fourth-order valence-electron chi connectivity index (χ4n) is 2.06. The van der Waals surface area contributed by atoms with Crippen molar-refractivity contribution >= 4 is 16.7 Å². The first-order valence-electron chi connectivity index (χ1n) is 5.85. The van der Waals surface area contributed by atoms with E-state index in [0.29, 0.717) is 0 Å². The van der Waals surface area contributed by atoms with Gasteiger partial charge >= 0.3 is 0 Å². The summed E-state index contributed by atoms with van der Waals surface area (Å²) in [5.74, 6) is -1.96. The van der Waals surface area contributed by atoms with E-state index in [-0.39, 0.29) is 22.4 Å². The summed E-state index contributed by atoms with van der Waals surface area (Å²) in [6, 6.07) is 9.77. The van der Waals surface area contributed by atoms with Gasteiger partial charge in [0.25, 0.3) is 0 Å². The molecular formula is C15H9F2NO2. The molecule has 1 heterocycles. The quantitative estimate of drug-likeness (QED) is 0.740. The van der Waals surface area contributed by atoms with Gasteiger partial charge in [-0.25, -0.2) is 8.78 Å².